The van der Waals surface area contributed by atoms with Crippen LogP contribution in [-0.4, -0.2) is 16.1 Å². The van der Waals surface area contributed by atoms with E-state index in [2.05, 4.69) is 15.6 Å². The predicted molar refractivity (Wildman–Crippen MR) is 74.2 cm³/mol. The lowest BCUT2D eigenvalue weighted by Crippen LogP contribution is -2.28. The SMILES string of the molecule is Cc1nc(NC(=O)NCc2ccccc2CO)oc1C. The Morgan fingerprint density at radius 1 is 1.30 bits per heavy atom. The van der Waals surface area contributed by atoms with E-state index >= 15 is 0 Å². The van der Waals surface area contributed by atoms with Crippen LogP contribution in [0.3, 0.4) is 0 Å². The molecule has 2 amide bonds. The molecule has 0 aliphatic carbocycles. The van der Waals surface area contributed by atoms with Gasteiger partial charge >= 0.3 is 12.0 Å². The van der Waals surface area contributed by atoms with E-state index in [-0.39, 0.29) is 12.6 Å². The number of urea groups is 1. The summed E-state index contributed by atoms with van der Waals surface area (Å²) >= 11 is 0. The van der Waals surface area contributed by atoms with Crippen LogP contribution in [0.15, 0.2) is 28.7 Å². The number of nitrogens with one attached hydrogen (secondary N) is 2. The largest absolute Gasteiger partial charge is 0.428 e. The van der Waals surface area contributed by atoms with E-state index in [4.69, 9.17) is 4.42 Å². The van der Waals surface area contributed by atoms with E-state index in [1.807, 2.05) is 24.3 Å². The maximum absolute atomic E-state index is 11.7. The third-order valence-corrected chi connectivity index (χ3v) is 2.98. The molecule has 0 bridgehead atoms. The van der Waals surface area contributed by atoms with Gasteiger partial charge in [-0.2, -0.15) is 4.98 Å². The van der Waals surface area contributed by atoms with Crippen molar-refractivity contribution in [2.24, 2.45) is 0 Å². The Balaban J connectivity index is 1.92. The van der Waals surface area contributed by atoms with Crippen molar-refractivity contribution < 1.29 is 14.3 Å². The standard InChI is InChI=1S/C14H17N3O3/c1-9-10(2)20-14(16-9)17-13(19)15-7-11-5-3-4-6-12(11)8-18/h3-6,18H,7-8H2,1-2H3,(H2,15,16,17,19). The zero-order valence-electron chi connectivity index (χ0n) is 11.4. The molecule has 1 aromatic carbocycles. The molecule has 106 valence electrons. The molecule has 0 saturated heterocycles. The minimum absolute atomic E-state index is 0.0579. The van der Waals surface area contributed by atoms with Crippen molar-refractivity contribution in [1.29, 1.82) is 0 Å². The van der Waals surface area contributed by atoms with Crippen LogP contribution in [0.25, 0.3) is 0 Å². The molecule has 0 aliphatic rings. The normalized spacial score (nSPS) is 10.3. The molecule has 1 aromatic heterocycles. The number of rotatable bonds is 4. The van der Waals surface area contributed by atoms with Gasteiger partial charge in [0.1, 0.15) is 5.76 Å². The number of aliphatic hydroxyl groups excluding tert-OH is 1. The Kier molecular flexibility index (Phi) is 4.37. The maximum atomic E-state index is 11.7. The second-order valence-electron chi connectivity index (χ2n) is 4.40. The number of anilines is 1. The van der Waals surface area contributed by atoms with E-state index in [1.54, 1.807) is 13.8 Å². The highest BCUT2D eigenvalue weighted by atomic mass is 16.4. The molecule has 2 aromatic rings. The molecule has 0 aliphatic heterocycles. The van der Waals surface area contributed by atoms with Crippen LogP contribution in [0.4, 0.5) is 10.8 Å². The lowest BCUT2D eigenvalue weighted by molar-refractivity contribution is 0.250. The molecule has 0 spiro atoms. The van der Waals surface area contributed by atoms with Crippen molar-refractivity contribution in [2.75, 3.05) is 5.32 Å². The molecule has 2 rings (SSSR count). The first-order valence-corrected chi connectivity index (χ1v) is 6.26. The second kappa shape index (κ2) is 6.21. The summed E-state index contributed by atoms with van der Waals surface area (Å²) in [6, 6.07) is 7.13. The van der Waals surface area contributed by atoms with Crippen LogP contribution >= 0.6 is 0 Å². The highest BCUT2D eigenvalue weighted by Crippen LogP contribution is 2.12. The Morgan fingerprint density at radius 3 is 2.60 bits per heavy atom. The molecule has 0 atom stereocenters. The van der Waals surface area contributed by atoms with Crippen molar-refractivity contribution in [3.05, 3.63) is 46.8 Å². The Labute approximate surface area is 116 Å². The number of aromatic nitrogens is 1. The maximum Gasteiger partial charge on any atom is 0.323 e. The average molecular weight is 275 g/mol. The van der Waals surface area contributed by atoms with Gasteiger partial charge in [0.05, 0.1) is 12.3 Å². The molecular formula is C14H17N3O3. The summed E-state index contributed by atoms with van der Waals surface area (Å²) < 4.78 is 5.26. The van der Waals surface area contributed by atoms with Crippen LogP contribution in [0.2, 0.25) is 0 Å². The summed E-state index contributed by atoms with van der Waals surface area (Å²) in [7, 11) is 0. The van der Waals surface area contributed by atoms with E-state index in [0.29, 0.717) is 12.3 Å². The summed E-state index contributed by atoms with van der Waals surface area (Å²) in [5, 5.41) is 14.4. The number of hydrogen-bond acceptors (Lipinski definition) is 4. The number of oxazole rings is 1. The Hall–Kier alpha value is -2.34. The van der Waals surface area contributed by atoms with E-state index in [1.165, 1.54) is 0 Å². The first kappa shape index (κ1) is 14.1. The highest BCUT2D eigenvalue weighted by Gasteiger charge is 2.09. The minimum atomic E-state index is -0.404. The number of carbonyl (C=O) groups excluding carboxylic acids is 1. The van der Waals surface area contributed by atoms with Crippen LogP contribution < -0.4 is 10.6 Å². The van der Waals surface area contributed by atoms with E-state index in [9.17, 15) is 9.90 Å². The highest BCUT2D eigenvalue weighted by molar-refractivity contribution is 5.86. The molecule has 0 saturated carbocycles. The number of aliphatic hydroxyl groups is 1. The lowest BCUT2D eigenvalue weighted by atomic mass is 10.1. The summed E-state index contributed by atoms with van der Waals surface area (Å²) in [6.07, 6.45) is 0. The van der Waals surface area contributed by atoms with Gasteiger partial charge in [-0.1, -0.05) is 24.3 Å². The van der Waals surface area contributed by atoms with Gasteiger partial charge in [-0.3, -0.25) is 5.32 Å². The zero-order chi connectivity index (χ0) is 14.5. The summed E-state index contributed by atoms with van der Waals surface area (Å²) in [5.41, 5.74) is 2.39. The summed E-state index contributed by atoms with van der Waals surface area (Å²) in [5.74, 6) is 0.672. The molecule has 0 fully saturated rings. The van der Waals surface area contributed by atoms with Crippen molar-refractivity contribution >= 4 is 12.0 Å². The van der Waals surface area contributed by atoms with Crippen LogP contribution in [-0.2, 0) is 13.2 Å². The Morgan fingerprint density at radius 2 is 2.00 bits per heavy atom. The first-order chi connectivity index (χ1) is 9.60. The molecule has 20 heavy (non-hydrogen) atoms. The van der Waals surface area contributed by atoms with Gasteiger partial charge in [0.2, 0.25) is 0 Å². The van der Waals surface area contributed by atoms with Gasteiger partial charge in [-0.15, -0.1) is 0 Å². The van der Waals surface area contributed by atoms with E-state index in [0.717, 1.165) is 16.8 Å². The monoisotopic (exact) mass is 275 g/mol. The van der Waals surface area contributed by atoms with Crippen molar-refractivity contribution in [2.45, 2.75) is 27.0 Å². The van der Waals surface area contributed by atoms with Crippen LogP contribution in [0.1, 0.15) is 22.6 Å². The van der Waals surface area contributed by atoms with Crippen LogP contribution in [0, 0.1) is 13.8 Å². The molecule has 6 heteroatoms. The number of benzene rings is 1. The van der Waals surface area contributed by atoms with Crippen molar-refractivity contribution in [3.8, 4) is 0 Å². The fraction of sp³-hybridized carbons (Fsp3) is 0.286. The summed E-state index contributed by atoms with van der Waals surface area (Å²) in [4.78, 5) is 15.8. The second-order valence-corrected chi connectivity index (χ2v) is 4.40. The van der Waals surface area contributed by atoms with Gasteiger partial charge < -0.3 is 14.8 Å². The molecule has 0 unspecified atom stereocenters. The molecule has 3 N–H and O–H groups in total. The first-order valence-electron chi connectivity index (χ1n) is 6.26. The number of nitrogens with zero attached hydrogens (tertiary/aromatic N) is 1. The Bertz CT molecular complexity index is 588. The zero-order valence-corrected chi connectivity index (χ0v) is 11.4. The van der Waals surface area contributed by atoms with Gasteiger partial charge in [0, 0.05) is 6.54 Å². The number of aryl methyl sites for hydroxylation is 2. The third kappa shape index (κ3) is 3.36. The topological polar surface area (TPSA) is 87.4 Å². The third-order valence-electron chi connectivity index (χ3n) is 2.98. The molecule has 1 heterocycles. The smallest absolute Gasteiger partial charge is 0.323 e. The van der Waals surface area contributed by atoms with Gasteiger partial charge in [-0.05, 0) is 25.0 Å². The number of hydrogen-bond donors (Lipinski definition) is 3. The quantitative estimate of drug-likeness (QED) is 0.797. The lowest BCUT2D eigenvalue weighted by Gasteiger charge is -2.08. The van der Waals surface area contributed by atoms with E-state index < -0.39 is 6.03 Å². The molecule has 6 nitrogen and oxygen atoms in total. The van der Waals surface area contributed by atoms with Gasteiger partial charge in [0.15, 0.2) is 0 Å². The number of carbonyl (C=O) groups is 1. The van der Waals surface area contributed by atoms with Crippen LogP contribution in [0.5, 0.6) is 0 Å². The fourth-order valence-corrected chi connectivity index (χ4v) is 1.73. The van der Waals surface area contributed by atoms with Gasteiger partial charge in [0.25, 0.3) is 0 Å². The number of amides is 2. The predicted octanol–water partition coefficient (Wildman–Crippen LogP) is 2.11. The van der Waals surface area contributed by atoms with Crippen molar-refractivity contribution in [3.63, 3.8) is 0 Å². The fourth-order valence-electron chi connectivity index (χ4n) is 1.73. The molecular weight excluding hydrogens is 258 g/mol. The molecule has 0 radical (unpaired) electrons. The van der Waals surface area contributed by atoms with Gasteiger partial charge in [-0.25, -0.2) is 4.79 Å². The average Bonchev–Trinajstić information content (AvgIpc) is 2.75. The minimum Gasteiger partial charge on any atom is -0.428 e. The van der Waals surface area contributed by atoms with Crippen molar-refractivity contribution in [1.82, 2.24) is 10.3 Å². The summed E-state index contributed by atoms with van der Waals surface area (Å²) in [6.45, 7) is 3.85.